The number of hydrogen-bond acceptors (Lipinski definition) is 3. The van der Waals surface area contributed by atoms with Gasteiger partial charge in [-0.1, -0.05) is 36.4 Å². The molecule has 0 bridgehead atoms. The molecular formula is C16H14N2O2. The quantitative estimate of drug-likeness (QED) is 0.872. The zero-order valence-electron chi connectivity index (χ0n) is 10.8. The summed E-state index contributed by atoms with van der Waals surface area (Å²) in [6.07, 6.45) is 0.382. The van der Waals surface area contributed by atoms with Crippen molar-refractivity contribution < 1.29 is 9.90 Å². The second kappa shape index (κ2) is 6.39. The van der Waals surface area contributed by atoms with Crippen molar-refractivity contribution in [2.75, 3.05) is 5.32 Å². The molecule has 0 aliphatic heterocycles. The van der Waals surface area contributed by atoms with Crippen LogP contribution in [-0.2, 0) is 11.2 Å². The third-order valence-corrected chi connectivity index (χ3v) is 2.91. The summed E-state index contributed by atoms with van der Waals surface area (Å²) in [6.45, 7) is 0. The van der Waals surface area contributed by atoms with Crippen molar-refractivity contribution in [3.63, 3.8) is 0 Å². The molecule has 0 amide bonds. The lowest BCUT2D eigenvalue weighted by atomic mass is 10.1. The summed E-state index contributed by atoms with van der Waals surface area (Å²) in [6, 6.07) is 17.5. The van der Waals surface area contributed by atoms with Gasteiger partial charge in [0.25, 0.3) is 0 Å². The molecule has 2 aromatic carbocycles. The Labute approximate surface area is 117 Å². The first-order chi connectivity index (χ1) is 9.69. The summed E-state index contributed by atoms with van der Waals surface area (Å²) < 4.78 is 0. The van der Waals surface area contributed by atoms with E-state index in [9.17, 15) is 9.90 Å². The van der Waals surface area contributed by atoms with E-state index in [1.54, 1.807) is 24.3 Å². The number of nitrogens with zero attached hydrogens (tertiary/aromatic N) is 1. The number of carboxylic acids is 1. The minimum atomic E-state index is -0.920. The highest BCUT2D eigenvalue weighted by Gasteiger charge is 2.17. The van der Waals surface area contributed by atoms with Crippen LogP contribution in [0, 0.1) is 11.3 Å². The van der Waals surface area contributed by atoms with Crippen molar-refractivity contribution in [2.45, 2.75) is 12.5 Å². The first-order valence-corrected chi connectivity index (χ1v) is 6.22. The average Bonchev–Trinajstić information content (AvgIpc) is 2.48. The lowest BCUT2D eigenvalue weighted by Crippen LogP contribution is -2.31. The monoisotopic (exact) mass is 266 g/mol. The Bertz CT molecular complexity index is 632. The predicted molar refractivity (Wildman–Crippen MR) is 76.3 cm³/mol. The van der Waals surface area contributed by atoms with Gasteiger partial charge in [0.15, 0.2) is 0 Å². The van der Waals surface area contributed by atoms with Crippen molar-refractivity contribution in [3.8, 4) is 6.07 Å². The molecule has 1 atom stereocenters. The number of carbonyl (C=O) groups is 1. The molecule has 20 heavy (non-hydrogen) atoms. The summed E-state index contributed by atoms with van der Waals surface area (Å²) in [4.78, 5) is 11.3. The number of hydrogen-bond donors (Lipinski definition) is 2. The van der Waals surface area contributed by atoms with Crippen LogP contribution in [0.1, 0.15) is 11.1 Å². The highest BCUT2D eigenvalue weighted by Crippen LogP contribution is 2.13. The highest BCUT2D eigenvalue weighted by atomic mass is 16.4. The number of nitriles is 1. The second-order valence-corrected chi connectivity index (χ2v) is 4.42. The largest absolute Gasteiger partial charge is 0.480 e. The van der Waals surface area contributed by atoms with Gasteiger partial charge in [0, 0.05) is 12.1 Å². The Kier molecular flexibility index (Phi) is 4.35. The molecule has 0 aliphatic carbocycles. The van der Waals surface area contributed by atoms with Gasteiger partial charge in [-0.3, -0.25) is 0 Å². The minimum absolute atomic E-state index is 0.382. The molecule has 100 valence electrons. The first kappa shape index (κ1) is 13.6. The van der Waals surface area contributed by atoms with Gasteiger partial charge in [-0.05, 0) is 23.8 Å². The Balaban J connectivity index is 2.14. The molecule has 4 heteroatoms. The zero-order chi connectivity index (χ0) is 14.4. The zero-order valence-corrected chi connectivity index (χ0v) is 10.8. The maximum atomic E-state index is 11.3. The van der Waals surface area contributed by atoms with Crippen LogP contribution < -0.4 is 5.32 Å². The smallest absolute Gasteiger partial charge is 0.326 e. The van der Waals surface area contributed by atoms with Crippen LogP contribution >= 0.6 is 0 Å². The maximum absolute atomic E-state index is 11.3. The van der Waals surface area contributed by atoms with E-state index in [4.69, 9.17) is 5.26 Å². The van der Waals surface area contributed by atoms with Gasteiger partial charge in [0.1, 0.15) is 6.04 Å². The van der Waals surface area contributed by atoms with Crippen LogP contribution in [0.2, 0.25) is 0 Å². The summed E-state index contributed by atoms with van der Waals surface area (Å²) in [5, 5.41) is 21.1. The fraction of sp³-hybridized carbons (Fsp3) is 0.125. The highest BCUT2D eigenvalue weighted by molar-refractivity contribution is 5.77. The fourth-order valence-electron chi connectivity index (χ4n) is 1.93. The van der Waals surface area contributed by atoms with Crippen LogP contribution in [0.25, 0.3) is 0 Å². The fourth-order valence-corrected chi connectivity index (χ4v) is 1.93. The Hall–Kier alpha value is -2.80. The topological polar surface area (TPSA) is 73.1 Å². The SMILES string of the molecule is N#Cc1cccc(N[C@@H](Cc2ccccc2)C(=O)O)c1. The van der Waals surface area contributed by atoms with Gasteiger partial charge in [-0.15, -0.1) is 0 Å². The number of carboxylic acid groups (broad SMARTS) is 1. The molecule has 0 aromatic heterocycles. The summed E-state index contributed by atoms with van der Waals surface area (Å²) in [7, 11) is 0. The molecule has 0 aliphatic rings. The number of aliphatic carboxylic acids is 1. The third kappa shape index (κ3) is 3.59. The van der Waals surface area contributed by atoms with Crippen LogP contribution in [0.5, 0.6) is 0 Å². The minimum Gasteiger partial charge on any atom is -0.480 e. The predicted octanol–water partition coefficient (Wildman–Crippen LogP) is 2.67. The molecule has 0 saturated carbocycles. The molecule has 0 heterocycles. The van der Waals surface area contributed by atoms with Gasteiger partial charge in [0.2, 0.25) is 0 Å². The van der Waals surface area contributed by atoms with E-state index in [0.29, 0.717) is 17.7 Å². The molecule has 0 fully saturated rings. The summed E-state index contributed by atoms with van der Waals surface area (Å²) >= 11 is 0. The van der Waals surface area contributed by atoms with E-state index < -0.39 is 12.0 Å². The van der Waals surface area contributed by atoms with Crippen LogP contribution in [-0.4, -0.2) is 17.1 Å². The Morgan fingerprint density at radius 1 is 1.20 bits per heavy atom. The van der Waals surface area contributed by atoms with Gasteiger partial charge < -0.3 is 10.4 Å². The Morgan fingerprint density at radius 3 is 2.60 bits per heavy atom. The molecule has 2 aromatic rings. The molecule has 0 saturated heterocycles. The number of nitrogens with one attached hydrogen (secondary N) is 1. The normalized spacial score (nSPS) is 11.3. The molecule has 0 radical (unpaired) electrons. The molecule has 0 spiro atoms. The second-order valence-electron chi connectivity index (χ2n) is 4.42. The average molecular weight is 266 g/mol. The van der Waals surface area contributed by atoms with E-state index in [0.717, 1.165) is 5.56 Å². The van der Waals surface area contributed by atoms with E-state index in [-0.39, 0.29) is 0 Å². The summed E-state index contributed by atoms with van der Waals surface area (Å²) in [5.41, 5.74) is 2.08. The van der Waals surface area contributed by atoms with E-state index in [2.05, 4.69) is 5.32 Å². The van der Waals surface area contributed by atoms with Gasteiger partial charge >= 0.3 is 5.97 Å². The summed E-state index contributed by atoms with van der Waals surface area (Å²) in [5.74, 6) is -0.920. The lowest BCUT2D eigenvalue weighted by Gasteiger charge is -2.16. The standard InChI is InChI=1S/C16H14N2O2/c17-11-13-7-4-8-14(9-13)18-15(16(19)20)10-12-5-2-1-3-6-12/h1-9,15,18H,10H2,(H,19,20)/t15-/m0/s1. The van der Waals surface area contributed by atoms with Crippen LogP contribution in [0.3, 0.4) is 0 Å². The van der Waals surface area contributed by atoms with Crippen LogP contribution in [0.15, 0.2) is 54.6 Å². The number of benzene rings is 2. The molecule has 2 N–H and O–H groups in total. The molecule has 4 nitrogen and oxygen atoms in total. The van der Waals surface area contributed by atoms with Gasteiger partial charge in [0.05, 0.1) is 11.6 Å². The lowest BCUT2D eigenvalue weighted by molar-refractivity contribution is -0.137. The maximum Gasteiger partial charge on any atom is 0.326 e. The molecule has 0 unspecified atom stereocenters. The van der Waals surface area contributed by atoms with Crippen molar-refractivity contribution >= 4 is 11.7 Å². The van der Waals surface area contributed by atoms with E-state index in [1.807, 2.05) is 36.4 Å². The van der Waals surface area contributed by atoms with Gasteiger partial charge in [-0.25, -0.2) is 4.79 Å². The van der Waals surface area contributed by atoms with E-state index in [1.165, 1.54) is 0 Å². The number of rotatable bonds is 5. The van der Waals surface area contributed by atoms with Crippen LogP contribution in [0.4, 0.5) is 5.69 Å². The van der Waals surface area contributed by atoms with Crippen molar-refractivity contribution in [1.29, 1.82) is 5.26 Å². The third-order valence-electron chi connectivity index (χ3n) is 2.91. The van der Waals surface area contributed by atoms with Crippen molar-refractivity contribution in [3.05, 3.63) is 65.7 Å². The molecular weight excluding hydrogens is 252 g/mol. The van der Waals surface area contributed by atoms with E-state index >= 15 is 0 Å². The van der Waals surface area contributed by atoms with Crippen molar-refractivity contribution in [2.24, 2.45) is 0 Å². The first-order valence-electron chi connectivity index (χ1n) is 6.22. The molecule has 2 rings (SSSR count). The number of anilines is 1. The van der Waals surface area contributed by atoms with Crippen molar-refractivity contribution in [1.82, 2.24) is 0 Å². The van der Waals surface area contributed by atoms with Gasteiger partial charge in [-0.2, -0.15) is 5.26 Å². The Morgan fingerprint density at radius 2 is 1.95 bits per heavy atom.